The number of carbonyl (C=O) groups is 3. The minimum Gasteiger partial charge on any atom is -0.464 e. The molecule has 26 heavy (non-hydrogen) atoms. The van der Waals surface area contributed by atoms with E-state index in [-0.39, 0.29) is 12.5 Å². The lowest BCUT2D eigenvalue weighted by Gasteiger charge is -2.11. The number of fused-ring (bicyclic) bond motifs is 1. The second-order valence-electron chi connectivity index (χ2n) is 6.11. The van der Waals surface area contributed by atoms with E-state index in [9.17, 15) is 14.4 Å². The van der Waals surface area contributed by atoms with Crippen LogP contribution in [0, 0.1) is 0 Å². The van der Waals surface area contributed by atoms with Gasteiger partial charge in [-0.2, -0.15) is 0 Å². The van der Waals surface area contributed by atoms with Crippen LogP contribution in [0.1, 0.15) is 38.3 Å². The summed E-state index contributed by atoms with van der Waals surface area (Å²) in [5.74, 6) is -1.24. The molecule has 7 heteroatoms. The molecule has 0 saturated heterocycles. The quantitative estimate of drug-likeness (QED) is 0.740. The number of amides is 3. The number of hydrogen-bond acceptors (Lipinski definition) is 5. The van der Waals surface area contributed by atoms with Gasteiger partial charge in [0.1, 0.15) is 5.58 Å². The number of hydrogen-bond donors (Lipinski definition) is 2. The van der Waals surface area contributed by atoms with Gasteiger partial charge in [0.15, 0.2) is 6.61 Å². The fraction of sp³-hybridized carbons (Fsp3) is 0.421. The Morgan fingerprint density at radius 2 is 2.00 bits per heavy atom. The number of aryl methyl sites for hydroxylation is 1. The van der Waals surface area contributed by atoms with Crippen molar-refractivity contribution >= 4 is 28.9 Å². The predicted molar refractivity (Wildman–Crippen MR) is 96.7 cm³/mol. The van der Waals surface area contributed by atoms with Crippen LogP contribution in [-0.2, 0) is 27.2 Å². The molecule has 1 heterocycles. The summed E-state index contributed by atoms with van der Waals surface area (Å²) < 4.78 is 10.4. The number of esters is 1. The highest BCUT2D eigenvalue weighted by Crippen LogP contribution is 2.23. The van der Waals surface area contributed by atoms with E-state index in [1.807, 2.05) is 32.0 Å². The van der Waals surface area contributed by atoms with Gasteiger partial charge in [-0.25, -0.2) is 4.79 Å². The van der Waals surface area contributed by atoms with Crippen molar-refractivity contribution in [2.45, 2.75) is 46.1 Å². The summed E-state index contributed by atoms with van der Waals surface area (Å²) in [5.41, 5.74) is 2.56. The minimum absolute atomic E-state index is 0.00911. The molecule has 2 N–H and O–H groups in total. The molecule has 0 aliphatic rings. The van der Waals surface area contributed by atoms with Gasteiger partial charge in [0, 0.05) is 17.0 Å². The van der Waals surface area contributed by atoms with Gasteiger partial charge in [0.05, 0.1) is 12.7 Å². The molecule has 0 unspecified atom stereocenters. The van der Waals surface area contributed by atoms with Crippen molar-refractivity contribution in [2.75, 3.05) is 6.61 Å². The number of benzene rings is 1. The van der Waals surface area contributed by atoms with Crippen molar-refractivity contribution in [3.8, 4) is 0 Å². The van der Waals surface area contributed by atoms with E-state index in [2.05, 4.69) is 17.6 Å². The lowest BCUT2D eigenvalue weighted by molar-refractivity contribution is -0.147. The Morgan fingerprint density at radius 1 is 1.23 bits per heavy atom. The Bertz CT molecular complexity index is 796. The van der Waals surface area contributed by atoms with Gasteiger partial charge in [0.25, 0.3) is 5.91 Å². The lowest BCUT2D eigenvalue weighted by Crippen LogP contribution is -2.44. The molecular weight excluding hydrogens is 336 g/mol. The minimum atomic E-state index is -0.677. The van der Waals surface area contributed by atoms with E-state index < -0.39 is 24.5 Å². The molecule has 140 valence electrons. The number of rotatable bonds is 7. The third kappa shape index (κ3) is 5.34. The van der Waals surface area contributed by atoms with Crippen molar-refractivity contribution < 1.29 is 23.5 Å². The second kappa shape index (κ2) is 9.03. The van der Waals surface area contributed by atoms with E-state index in [1.165, 1.54) is 6.26 Å². The van der Waals surface area contributed by atoms with Gasteiger partial charge < -0.3 is 14.5 Å². The molecule has 1 aromatic heterocycles. The average molecular weight is 360 g/mol. The summed E-state index contributed by atoms with van der Waals surface area (Å²) in [5, 5.41) is 5.55. The van der Waals surface area contributed by atoms with Crippen LogP contribution in [0.5, 0.6) is 0 Å². The fourth-order valence-electron chi connectivity index (χ4n) is 2.36. The fourth-order valence-corrected chi connectivity index (χ4v) is 2.36. The molecule has 0 saturated carbocycles. The number of imide groups is 1. The molecular formula is C19H24N2O5. The highest BCUT2D eigenvalue weighted by Gasteiger charge is 2.15. The van der Waals surface area contributed by atoms with Crippen LogP contribution in [0.3, 0.4) is 0 Å². The van der Waals surface area contributed by atoms with Crippen molar-refractivity contribution in [1.29, 1.82) is 0 Å². The van der Waals surface area contributed by atoms with Crippen molar-refractivity contribution in [3.05, 3.63) is 35.6 Å². The van der Waals surface area contributed by atoms with E-state index in [0.29, 0.717) is 11.1 Å². The molecule has 0 aliphatic heterocycles. The first kappa shape index (κ1) is 19.5. The topological polar surface area (TPSA) is 97.6 Å². The normalized spacial score (nSPS) is 11.8. The third-order valence-electron chi connectivity index (χ3n) is 4.07. The summed E-state index contributed by atoms with van der Waals surface area (Å²) in [6.45, 7) is 5.28. The van der Waals surface area contributed by atoms with Crippen molar-refractivity contribution in [3.63, 3.8) is 0 Å². The molecule has 3 amide bonds. The third-order valence-corrected chi connectivity index (χ3v) is 4.07. The summed E-state index contributed by atoms with van der Waals surface area (Å²) in [6, 6.07) is 5.18. The maximum Gasteiger partial charge on any atom is 0.321 e. The van der Waals surface area contributed by atoms with Gasteiger partial charge in [-0.15, -0.1) is 0 Å². The van der Waals surface area contributed by atoms with Crippen LogP contribution in [0.2, 0.25) is 0 Å². The molecule has 1 aromatic carbocycles. The first-order valence-corrected chi connectivity index (χ1v) is 8.67. The monoisotopic (exact) mass is 360 g/mol. The molecule has 0 bridgehead atoms. The van der Waals surface area contributed by atoms with Gasteiger partial charge in [-0.05, 0) is 31.4 Å². The van der Waals surface area contributed by atoms with E-state index in [0.717, 1.165) is 23.8 Å². The van der Waals surface area contributed by atoms with Crippen LogP contribution in [0.15, 0.2) is 28.9 Å². The molecule has 7 nitrogen and oxygen atoms in total. The van der Waals surface area contributed by atoms with Gasteiger partial charge in [-0.3, -0.25) is 14.9 Å². The SMILES string of the molecule is CCc1ccc2c(CC(=O)OCC(=O)NC(=O)N[C@@H](C)CC)coc2c1. The first-order valence-electron chi connectivity index (χ1n) is 8.67. The zero-order valence-corrected chi connectivity index (χ0v) is 15.3. The van der Waals surface area contributed by atoms with Crippen LogP contribution >= 0.6 is 0 Å². The van der Waals surface area contributed by atoms with Crippen molar-refractivity contribution in [1.82, 2.24) is 10.6 Å². The maximum absolute atomic E-state index is 11.9. The molecule has 0 radical (unpaired) electrons. The smallest absolute Gasteiger partial charge is 0.321 e. The van der Waals surface area contributed by atoms with Gasteiger partial charge >= 0.3 is 12.0 Å². The highest BCUT2D eigenvalue weighted by atomic mass is 16.5. The van der Waals surface area contributed by atoms with E-state index >= 15 is 0 Å². The molecule has 2 aromatic rings. The van der Waals surface area contributed by atoms with Gasteiger partial charge in [0.2, 0.25) is 0 Å². The number of ether oxygens (including phenoxy) is 1. The van der Waals surface area contributed by atoms with Gasteiger partial charge in [-0.1, -0.05) is 26.0 Å². The van der Waals surface area contributed by atoms with E-state index in [4.69, 9.17) is 9.15 Å². The Hall–Kier alpha value is -2.83. The van der Waals surface area contributed by atoms with Crippen LogP contribution in [0.25, 0.3) is 11.0 Å². The number of furan rings is 1. The molecule has 0 fully saturated rings. The van der Waals surface area contributed by atoms with Crippen molar-refractivity contribution in [2.24, 2.45) is 0 Å². The summed E-state index contributed by atoms with van der Waals surface area (Å²) >= 11 is 0. The Labute approximate surface area is 152 Å². The predicted octanol–water partition coefficient (Wildman–Crippen LogP) is 2.71. The Balaban J connectivity index is 1.83. The van der Waals surface area contributed by atoms with Crippen LogP contribution in [-0.4, -0.2) is 30.6 Å². The maximum atomic E-state index is 11.9. The largest absolute Gasteiger partial charge is 0.464 e. The Kier molecular flexibility index (Phi) is 6.77. The van der Waals surface area contributed by atoms with E-state index in [1.54, 1.807) is 0 Å². The van der Waals surface area contributed by atoms with Crippen LogP contribution in [0.4, 0.5) is 4.79 Å². The standard InChI is InChI=1S/C19H24N2O5/c1-4-12(3)20-19(24)21-17(22)11-26-18(23)9-14-10-25-16-8-13(5-2)6-7-15(14)16/h6-8,10,12H,4-5,9,11H2,1-3H3,(H2,20,21,22,24)/t12-/m0/s1. The summed E-state index contributed by atoms with van der Waals surface area (Å²) in [6.07, 6.45) is 3.15. The number of nitrogens with one attached hydrogen (secondary N) is 2. The molecule has 0 spiro atoms. The highest BCUT2D eigenvalue weighted by molar-refractivity contribution is 5.95. The number of carbonyl (C=O) groups excluding carboxylic acids is 3. The second-order valence-corrected chi connectivity index (χ2v) is 6.11. The zero-order chi connectivity index (χ0) is 19.1. The zero-order valence-electron chi connectivity index (χ0n) is 15.3. The number of urea groups is 1. The first-order chi connectivity index (χ1) is 12.4. The Morgan fingerprint density at radius 3 is 2.69 bits per heavy atom. The summed E-state index contributed by atoms with van der Waals surface area (Å²) in [4.78, 5) is 35.1. The lowest BCUT2D eigenvalue weighted by atomic mass is 10.1. The molecule has 1 atom stereocenters. The average Bonchev–Trinajstić information content (AvgIpc) is 3.01. The molecule has 0 aliphatic carbocycles. The summed E-state index contributed by atoms with van der Waals surface area (Å²) in [7, 11) is 0. The van der Waals surface area contributed by atoms with Crippen LogP contribution < -0.4 is 10.6 Å². The molecule has 2 rings (SSSR count).